The van der Waals surface area contributed by atoms with Crippen LogP contribution in [-0.2, 0) is 68.7 Å². The first-order valence-electron chi connectivity index (χ1n) is 31.6. The molecule has 95 heavy (non-hydrogen) atoms. The van der Waals surface area contributed by atoms with Crippen molar-refractivity contribution in [3.63, 3.8) is 0 Å². The van der Waals surface area contributed by atoms with E-state index in [2.05, 4.69) is 93.7 Å². The van der Waals surface area contributed by atoms with Crippen molar-refractivity contribution >= 4 is 131 Å². The first-order chi connectivity index (χ1) is 45.0. The minimum atomic E-state index is -1.43. The maximum absolute atomic E-state index is 14.6. The Balaban J connectivity index is 1.81. The highest BCUT2D eigenvalue weighted by atomic mass is 32.2. The molecule has 12 amide bonds. The van der Waals surface area contributed by atoms with Crippen molar-refractivity contribution < 1.29 is 67.4 Å². The molecular formula is C60H98N18O14S3. The quantitative estimate of drug-likeness (QED) is 0.0131. The second kappa shape index (κ2) is 42.5. The van der Waals surface area contributed by atoms with Gasteiger partial charge in [-0.15, -0.1) is 0 Å². The van der Waals surface area contributed by atoms with E-state index in [9.17, 15) is 67.4 Å². The zero-order valence-electron chi connectivity index (χ0n) is 54.7. The lowest BCUT2D eigenvalue weighted by Crippen LogP contribution is -2.60. The zero-order valence-corrected chi connectivity index (χ0v) is 57.3. The molecule has 0 bridgehead atoms. The van der Waals surface area contributed by atoms with E-state index >= 15 is 0 Å². The molecule has 2 aromatic rings. The van der Waals surface area contributed by atoms with Crippen molar-refractivity contribution in [3.8, 4) is 0 Å². The molecule has 10 atom stereocenters. The largest absolute Gasteiger partial charge is 0.480 e. The van der Waals surface area contributed by atoms with E-state index in [4.69, 9.17) is 22.9 Å². The Bertz CT molecular complexity index is 2970. The third-order valence-electron chi connectivity index (χ3n) is 15.0. The number of para-hydroxylation sites is 1. The Morgan fingerprint density at radius 1 is 0.621 bits per heavy atom. The lowest BCUT2D eigenvalue weighted by atomic mass is 9.99. The fourth-order valence-electron chi connectivity index (χ4n) is 9.99. The van der Waals surface area contributed by atoms with Gasteiger partial charge in [-0.2, -0.15) is 37.0 Å². The van der Waals surface area contributed by atoms with Gasteiger partial charge in [0.15, 0.2) is 5.96 Å². The molecule has 1 aromatic carbocycles. The summed E-state index contributed by atoms with van der Waals surface area (Å²) in [7, 11) is 0. The number of guanidine groups is 1. The number of aliphatic imine (C=N–C) groups is 1. The number of carbonyl (C=O) groups is 13. The molecule has 0 aliphatic carbocycles. The summed E-state index contributed by atoms with van der Waals surface area (Å²) in [5.41, 5.74) is 23.6. The third kappa shape index (κ3) is 28.9. The standard InChI is InChI=1S/C60H98N18O14S3/c1-32(2)23-41(51(83)68-27-47(79)67-28-48(80)70-40(59(91)92)15-9-10-19-61)73-56(88)43(25-35-26-66-37-14-8-7-13-36(35)37)75-55(87)42(24-33(3)4)74-57(89)45(31-94)77-53(85)38(16-11-20-65-60(63)64)72-58(90)46-17-12-21-78(46)49(81)29-69-52(84)44(30-93)76-54(86)39(18-22-95-6)71-50(82)34(5)62/h7-8,13-14,26,32-34,38-46,66,93-94H,9-12,15-25,27-31,61-62H2,1-6H3,(H,67,79)(H,68,83)(H,69,84)(H,70,80)(H,71,82)(H,72,90)(H,73,88)(H,74,89)(H,75,87)(H,76,86)(H,77,85)(H,91,92)(H4,63,64,65)/t34-,38-,39-,40-,41-,42-,43-,44-,45-,46-/m0/s1. The number of rotatable bonds is 43. The minimum Gasteiger partial charge on any atom is -0.480 e. The van der Waals surface area contributed by atoms with Crippen LogP contribution in [0.3, 0.4) is 0 Å². The fourth-order valence-corrected chi connectivity index (χ4v) is 11.0. The summed E-state index contributed by atoms with van der Waals surface area (Å²) < 4.78 is 0. The summed E-state index contributed by atoms with van der Waals surface area (Å²) in [6, 6.07) is -4.99. The summed E-state index contributed by atoms with van der Waals surface area (Å²) in [6.45, 7) is 7.32. The number of fused-ring (bicyclic) bond motifs is 1. The Morgan fingerprint density at radius 3 is 1.73 bits per heavy atom. The number of nitrogens with zero attached hydrogens (tertiary/aromatic N) is 2. The summed E-state index contributed by atoms with van der Waals surface area (Å²) in [6.07, 6.45) is 5.45. The molecule has 32 nitrogen and oxygen atoms in total. The number of H-pyrrole nitrogens is 1. The number of likely N-dealkylation sites (tertiary alicyclic amines) is 1. The molecule has 0 radical (unpaired) electrons. The molecule has 21 N–H and O–H groups in total. The SMILES string of the molecule is CSCC[C@H](NC(=O)[C@H](C)N)C(=O)N[C@@H](CS)C(=O)NCC(=O)N1CCC[C@H]1C(=O)N[C@@H](CCCN=C(N)N)C(=O)N[C@@H](CS)C(=O)N[C@@H](CC(C)C)C(=O)N[C@@H](Cc1c[nH]c2ccccc12)C(=O)N[C@@H](CC(C)C)C(=O)NCC(=O)NCC(=O)N[C@@H](CCCCN)C(=O)O. The van der Waals surface area contributed by atoms with Crippen molar-refractivity contribution in [2.75, 3.05) is 62.8 Å². The van der Waals surface area contributed by atoms with Gasteiger partial charge in [0.1, 0.15) is 54.4 Å². The van der Waals surface area contributed by atoms with Crippen LogP contribution in [0.1, 0.15) is 104 Å². The van der Waals surface area contributed by atoms with Crippen molar-refractivity contribution in [2.24, 2.45) is 39.8 Å². The minimum absolute atomic E-state index is 0.0221. The van der Waals surface area contributed by atoms with Gasteiger partial charge in [-0.25, -0.2) is 4.79 Å². The number of aromatic amines is 1. The van der Waals surface area contributed by atoms with E-state index < -0.39 is 157 Å². The molecule has 35 heteroatoms. The highest BCUT2D eigenvalue weighted by Gasteiger charge is 2.38. The summed E-state index contributed by atoms with van der Waals surface area (Å²) >= 11 is 10.0. The van der Waals surface area contributed by atoms with Gasteiger partial charge < -0.3 is 96.4 Å². The smallest absolute Gasteiger partial charge is 0.326 e. The number of carboxylic acid groups (broad SMARTS) is 1. The first-order valence-corrected chi connectivity index (χ1v) is 34.2. The summed E-state index contributed by atoms with van der Waals surface area (Å²) in [5, 5.41) is 38.5. The number of nitrogens with two attached hydrogens (primary N) is 4. The molecule has 1 fully saturated rings. The van der Waals surface area contributed by atoms with E-state index in [0.29, 0.717) is 37.1 Å². The van der Waals surface area contributed by atoms with Gasteiger partial charge in [0, 0.05) is 48.1 Å². The molecule has 3 rings (SSSR count). The van der Waals surface area contributed by atoms with Crippen LogP contribution in [0, 0.1) is 11.8 Å². The molecule has 0 spiro atoms. The molecule has 1 aromatic heterocycles. The summed E-state index contributed by atoms with van der Waals surface area (Å²) in [5.74, 6) is -11.0. The van der Waals surface area contributed by atoms with Crippen LogP contribution in [0.5, 0.6) is 0 Å². The average molecular weight is 1390 g/mol. The number of carbonyl (C=O) groups excluding carboxylic acids is 12. The number of aliphatic carboxylic acids is 1. The van der Waals surface area contributed by atoms with E-state index in [1.807, 2.05) is 18.4 Å². The number of unbranched alkanes of at least 4 members (excludes halogenated alkanes) is 1. The van der Waals surface area contributed by atoms with Gasteiger partial charge in [-0.3, -0.25) is 62.5 Å². The normalized spacial score (nSPS) is 15.6. The molecule has 1 saturated heterocycles. The Kier molecular flexibility index (Phi) is 36.4. The average Bonchev–Trinajstić information content (AvgIpc) is 1.75. The van der Waals surface area contributed by atoms with Crippen LogP contribution in [0.15, 0.2) is 35.5 Å². The Labute approximate surface area is 568 Å². The maximum atomic E-state index is 14.6. The Morgan fingerprint density at radius 2 is 1.14 bits per heavy atom. The van der Waals surface area contributed by atoms with E-state index in [-0.39, 0.29) is 93.8 Å². The predicted octanol–water partition coefficient (Wildman–Crippen LogP) is -3.75. The van der Waals surface area contributed by atoms with Gasteiger partial charge in [0.25, 0.3) is 0 Å². The van der Waals surface area contributed by atoms with E-state index in [1.165, 1.54) is 23.6 Å². The number of carboxylic acids is 1. The van der Waals surface area contributed by atoms with Gasteiger partial charge >= 0.3 is 5.97 Å². The topological polar surface area (TPSA) is 510 Å². The number of hydrogen-bond donors (Lipinski definition) is 19. The molecule has 1 aliphatic heterocycles. The number of thiol groups is 2. The predicted molar refractivity (Wildman–Crippen MR) is 365 cm³/mol. The van der Waals surface area contributed by atoms with Gasteiger partial charge in [-0.05, 0) is 113 Å². The fraction of sp³-hybridized carbons (Fsp3) is 0.633. The number of nitrogens with one attached hydrogen (secondary N) is 12. The van der Waals surface area contributed by atoms with Crippen molar-refractivity contribution in [3.05, 3.63) is 36.0 Å². The second-order valence-electron chi connectivity index (χ2n) is 23.8. The van der Waals surface area contributed by atoms with E-state index in [1.54, 1.807) is 46.0 Å². The van der Waals surface area contributed by atoms with Crippen molar-refractivity contribution in [1.29, 1.82) is 0 Å². The maximum Gasteiger partial charge on any atom is 0.326 e. The van der Waals surface area contributed by atoms with Crippen LogP contribution in [0.25, 0.3) is 10.9 Å². The van der Waals surface area contributed by atoms with Gasteiger partial charge in [0.05, 0.1) is 25.7 Å². The highest BCUT2D eigenvalue weighted by Crippen LogP contribution is 2.21. The van der Waals surface area contributed by atoms with Crippen molar-refractivity contribution in [1.82, 2.24) is 68.4 Å². The number of amides is 12. The van der Waals surface area contributed by atoms with Crippen LogP contribution < -0.4 is 81.4 Å². The third-order valence-corrected chi connectivity index (χ3v) is 16.4. The summed E-state index contributed by atoms with van der Waals surface area (Å²) in [4.78, 5) is 184. The molecule has 1 aliphatic rings. The highest BCUT2D eigenvalue weighted by molar-refractivity contribution is 7.98. The lowest BCUT2D eigenvalue weighted by molar-refractivity contribution is -0.142. The van der Waals surface area contributed by atoms with Gasteiger partial charge in [0.2, 0.25) is 70.9 Å². The molecule has 2 heterocycles. The van der Waals surface area contributed by atoms with E-state index in [0.717, 1.165) is 10.9 Å². The Hall–Kier alpha value is -7.89. The van der Waals surface area contributed by atoms with Crippen LogP contribution in [0.4, 0.5) is 0 Å². The van der Waals surface area contributed by atoms with Crippen LogP contribution in [-0.4, -0.2) is 221 Å². The van der Waals surface area contributed by atoms with Crippen LogP contribution in [0.2, 0.25) is 0 Å². The van der Waals surface area contributed by atoms with Gasteiger partial charge in [-0.1, -0.05) is 45.9 Å². The molecule has 530 valence electrons. The number of thioether (sulfide) groups is 1. The van der Waals surface area contributed by atoms with Crippen LogP contribution >= 0.6 is 37.0 Å². The second-order valence-corrected chi connectivity index (χ2v) is 25.6. The monoisotopic (exact) mass is 1390 g/mol. The molecule has 0 saturated carbocycles. The molecule has 0 unspecified atom stereocenters. The van der Waals surface area contributed by atoms with Crippen molar-refractivity contribution in [2.45, 2.75) is 166 Å². The number of aromatic nitrogens is 1. The lowest BCUT2D eigenvalue weighted by Gasteiger charge is -2.29. The number of hydrogen-bond acceptors (Lipinski definition) is 19. The number of benzene rings is 1. The zero-order chi connectivity index (χ0) is 70.9. The first kappa shape index (κ1) is 81.3. The molecular weight excluding hydrogens is 1290 g/mol.